The van der Waals surface area contributed by atoms with Crippen molar-refractivity contribution in [2.45, 2.75) is 83.9 Å². The fraction of sp³-hybridized carbons (Fsp3) is 0.682. The highest BCUT2D eigenvalue weighted by molar-refractivity contribution is 5.83. The zero-order chi connectivity index (χ0) is 20.9. The normalized spacial score (nSPS) is 21.9. The molecule has 2 heterocycles. The minimum Gasteiger partial charge on any atom is -0.396 e. The van der Waals surface area contributed by atoms with Crippen molar-refractivity contribution >= 4 is 17.0 Å². The standard InChI is InChI=1S/C22H33N5O2/c1-4-17(5-2)24-20-19-21(27(15-23-19)12-7-13-28)26-18(25-20)9-11-22(29)10-6-8-16(3)14-22/h15-17,28-29H,4-8,10,12-14H2,1-3H3,(H,24,25,26). The number of nitrogens with one attached hydrogen (secondary N) is 1. The number of hydrogen-bond donors (Lipinski definition) is 3. The number of aromatic nitrogens is 4. The van der Waals surface area contributed by atoms with E-state index in [0.717, 1.165) is 25.7 Å². The minimum atomic E-state index is -0.962. The molecule has 0 aliphatic heterocycles. The van der Waals surface area contributed by atoms with Gasteiger partial charge in [0.25, 0.3) is 0 Å². The second-order valence-corrected chi connectivity index (χ2v) is 8.22. The lowest BCUT2D eigenvalue weighted by molar-refractivity contribution is 0.0410. The third-order valence-corrected chi connectivity index (χ3v) is 5.73. The Morgan fingerprint density at radius 1 is 1.34 bits per heavy atom. The molecule has 0 amide bonds. The van der Waals surface area contributed by atoms with Crippen LogP contribution in [0.25, 0.3) is 11.2 Å². The Morgan fingerprint density at radius 2 is 2.14 bits per heavy atom. The topological polar surface area (TPSA) is 96.1 Å². The Kier molecular flexibility index (Phi) is 7.09. The van der Waals surface area contributed by atoms with Crippen LogP contribution in [0.5, 0.6) is 0 Å². The SMILES string of the molecule is CCC(CC)Nc1nc(C#CC2(O)CCCC(C)C2)nc2c1ncn2CCCO. The summed E-state index contributed by atoms with van der Waals surface area (Å²) in [5, 5.41) is 23.5. The molecule has 7 heteroatoms. The first-order chi connectivity index (χ1) is 14.0. The van der Waals surface area contributed by atoms with E-state index in [1.165, 1.54) is 0 Å². The largest absolute Gasteiger partial charge is 0.396 e. The van der Waals surface area contributed by atoms with Gasteiger partial charge in [0.2, 0.25) is 5.82 Å². The van der Waals surface area contributed by atoms with E-state index in [0.29, 0.717) is 60.6 Å². The third-order valence-electron chi connectivity index (χ3n) is 5.73. The van der Waals surface area contributed by atoms with E-state index in [2.05, 4.69) is 52.9 Å². The van der Waals surface area contributed by atoms with Gasteiger partial charge in [0.15, 0.2) is 17.0 Å². The van der Waals surface area contributed by atoms with Crippen molar-refractivity contribution in [3.8, 4) is 11.8 Å². The summed E-state index contributed by atoms with van der Waals surface area (Å²) in [7, 11) is 0. The molecule has 2 atom stereocenters. The second kappa shape index (κ2) is 9.55. The number of aliphatic hydroxyl groups is 2. The van der Waals surface area contributed by atoms with Gasteiger partial charge in [0.1, 0.15) is 5.60 Å². The highest BCUT2D eigenvalue weighted by Gasteiger charge is 2.30. The maximum atomic E-state index is 10.8. The lowest BCUT2D eigenvalue weighted by atomic mass is 9.79. The van der Waals surface area contributed by atoms with Crippen LogP contribution in [0.1, 0.15) is 71.5 Å². The summed E-state index contributed by atoms with van der Waals surface area (Å²) in [6, 6.07) is 0.292. The summed E-state index contributed by atoms with van der Waals surface area (Å²) >= 11 is 0. The fourth-order valence-electron chi connectivity index (χ4n) is 4.00. The summed E-state index contributed by atoms with van der Waals surface area (Å²) in [5.41, 5.74) is 0.455. The Morgan fingerprint density at radius 3 is 2.83 bits per heavy atom. The molecule has 1 aliphatic carbocycles. The van der Waals surface area contributed by atoms with Gasteiger partial charge >= 0.3 is 0 Å². The van der Waals surface area contributed by atoms with Gasteiger partial charge in [0.05, 0.1) is 6.33 Å². The highest BCUT2D eigenvalue weighted by atomic mass is 16.3. The molecule has 1 fully saturated rings. The summed E-state index contributed by atoms with van der Waals surface area (Å²) in [6.07, 6.45) is 7.83. The Hall–Kier alpha value is -2.17. The second-order valence-electron chi connectivity index (χ2n) is 8.22. The number of fused-ring (bicyclic) bond motifs is 1. The van der Waals surface area contributed by atoms with Crippen molar-refractivity contribution in [3.05, 3.63) is 12.2 Å². The molecule has 0 saturated heterocycles. The van der Waals surface area contributed by atoms with Crippen molar-refractivity contribution < 1.29 is 10.2 Å². The maximum Gasteiger partial charge on any atom is 0.209 e. The van der Waals surface area contributed by atoms with Crippen LogP contribution in [0, 0.1) is 17.8 Å². The van der Waals surface area contributed by atoms with E-state index in [9.17, 15) is 10.2 Å². The van der Waals surface area contributed by atoms with E-state index in [1.807, 2.05) is 4.57 Å². The van der Waals surface area contributed by atoms with Crippen LogP contribution in [0.3, 0.4) is 0 Å². The predicted molar refractivity (Wildman–Crippen MR) is 114 cm³/mol. The molecular formula is C22H33N5O2. The monoisotopic (exact) mass is 399 g/mol. The van der Waals surface area contributed by atoms with Crippen molar-refractivity contribution in [1.82, 2.24) is 19.5 Å². The number of hydrogen-bond acceptors (Lipinski definition) is 6. The Bertz CT molecular complexity index is 880. The number of nitrogens with zero attached hydrogens (tertiary/aromatic N) is 4. The lowest BCUT2D eigenvalue weighted by Crippen LogP contribution is -2.32. The molecule has 2 unspecified atom stereocenters. The lowest BCUT2D eigenvalue weighted by Gasteiger charge is -2.30. The number of aliphatic hydroxyl groups excluding tert-OH is 1. The molecule has 2 aromatic rings. The van der Waals surface area contributed by atoms with Crippen LogP contribution in [0.15, 0.2) is 6.33 Å². The van der Waals surface area contributed by atoms with Crippen molar-refractivity contribution in [2.75, 3.05) is 11.9 Å². The first kappa shape index (κ1) is 21.5. The third kappa shape index (κ3) is 5.26. The molecule has 1 aliphatic rings. The molecule has 2 aromatic heterocycles. The maximum absolute atomic E-state index is 10.8. The van der Waals surface area contributed by atoms with Crippen molar-refractivity contribution in [2.24, 2.45) is 5.92 Å². The van der Waals surface area contributed by atoms with Crippen LogP contribution in [-0.4, -0.2) is 48.0 Å². The Labute approximate surface area is 173 Å². The van der Waals surface area contributed by atoms with E-state index < -0.39 is 5.60 Å². The molecule has 0 bridgehead atoms. The van der Waals surface area contributed by atoms with Gasteiger partial charge in [-0.2, -0.15) is 0 Å². The van der Waals surface area contributed by atoms with Crippen molar-refractivity contribution in [3.63, 3.8) is 0 Å². The van der Waals surface area contributed by atoms with Gasteiger partial charge in [0, 0.05) is 19.2 Å². The minimum absolute atomic E-state index is 0.113. The van der Waals surface area contributed by atoms with Gasteiger partial charge in [-0.25, -0.2) is 15.0 Å². The van der Waals surface area contributed by atoms with Crippen LogP contribution in [0.2, 0.25) is 0 Å². The molecule has 0 aromatic carbocycles. The average Bonchev–Trinajstić information content (AvgIpc) is 3.11. The molecule has 0 radical (unpaired) electrons. The van der Waals surface area contributed by atoms with E-state index in [1.54, 1.807) is 6.33 Å². The summed E-state index contributed by atoms with van der Waals surface area (Å²) in [6.45, 7) is 7.18. The van der Waals surface area contributed by atoms with Crippen LogP contribution in [-0.2, 0) is 6.54 Å². The molecule has 158 valence electrons. The molecule has 3 N–H and O–H groups in total. The Balaban J connectivity index is 1.99. The first-order valence-electron chi connectivity index (χ1n) is 10.8. The molecule has 7 nitrogen and oxygen atoms in total. The summed E-state index contributed by atoms with van der Waals surface area (Å²) < 4.78 is 1.92. The first-order valence-corrected chi connectivity index (χ1v) is 10.8. The number of rotatable bonds is 7. The predicted octanol–water partition coefficient (Wildman–Crippen LogP) is 3.10. The molecule has 29 heavy (non-hydrogen) atoms. The van der Waals surface area contributed by atoms with E-state index in [-0.39, 0.29) is 6.61 Å². The van der Waals surface area contributed by atoms with E-state index in [4.69, 9.17) is 0 Å². The van der Waals surface area contributed by atoms with Crippen LogP contribution in [0.4, 0.5) is 5.82 Å². The number of imidazole rings is 1. The van der Waals surface area contributed by atoms with Crippen LogP contribution < -0.4 is 5.32 Å². The van der Waals surface area contributed by atoms with Gasteiger partial charge < -0.3 is 20.1 Å². The molecule has 1 saturated carbocycles. The quantitative estimate of drug-likeness (QED) is 0.619. The van der Waals surface area contributed by atoms with Gasteiger partial charge in [-0.15, -0.1) is 0 Å². The van der Waals surface area contributed by atoms with Gasteiger partial charge in [-0.1, -0.05) is 33.1 Å². The summed E-state index contributed by atoms with van der Waals surface area (Å²) in [4.78, 5) is 13.8. The zero-order valence-corrected chi connectivity index (χ0v) is 17.8. The zero-order valence-electron chi connectivity index (χ0n) is 17.8. The fourth-order valence-corrected chi connectivity index (χ4v) is 4.00. The van der Waals surface area contributed by atoms with Crippen molar-refractivity contribution in [1.29, 1.82) is 0 Å². The smallest absolute Gasteiger partial charge is 0.209 e. The molecular weight excluding hydrogens is 366 g/mol. The highest BCUT2D eigenvalue weighted by Crippen LogP contribution is 2.31. The average molecular weight is 400 g/mol. The van der Waals surface area contributed by atoms with Gasteiger partial charge in [-0.3, -0.25) is 0 Å². The summed E-state index contributed by atoms with van der Waals surface area (Å²) in [5.74, 6) is 7.64. The van der Waals surface area contributed by atoms with Gasteiger partial charge in [-0.05, 0) is 50.4 Å². The van der Waals surface area contributed by atoms with E-state index >= 15 is 0 Å². The molecule has 3 rings (SSSR count). The number of anilines is 1. The van der Waals surface area contributed by atoms with Crippen LogP contribution >= 0.6 is 0 Å². The molecule has 0 spiro atoms. The number of aryl methyl sites for hydroxylation is 1.